The molecule has 3 aliphatic rings. The summed E-state index contributed by atoms with van der Waals surface area (Å²) in [6, 6.07) is -0.00842. The van der Waals surface area contributed by atoms with Crippen molar-refractivity contribution in [1.82, 2.24) is 20.4 Å². The summed E-state index contributed by atoms with van der Waals surface area (Å²) in [4.78, 5) is 106. The van der Waals surface area contributed by atoms with Gasteiger partial charge in [0.05, 0.1) is 43.1 Å². The molecule has 1 aromatic carbocycles. The summed E-state index contributed by atoms with van der Waals surface area (Å²) < 4.78 is 47.8. The Hall–Kier alpha value is -5.11. The van der Waals surface area contributed by atoms with Crippen LogP contribution in [0, 0.1) is 17.3 Å². The standard InChI is InChI=1S/C42H61N5O18S/c1-20(2)31(45-29(48)17-46-26(19-63-12-13-66(60,61)62)16-27(39(46)56)47-30(49)14-21(3)38(47)55)37(54)43-22(4)36(53)44-25-10-8-24(18-64-41(59)42(5,6)7)23(15-25)9-11-28-32(50)33(51)34(52)35(65-28)40(57)58/h8,10,15,20-22,26-28,31-35,50-52H,9,11-14,16-19H2,1-7H3,(H,43,54)(H,44,53)(H,45,48)(H,57,58)(H,60,61,62)/t21?,22-,26-,27-,28-,31-,32-,33+,34-,35-/m0/s1. The van der Waals surface area contributed by atoms with E-state index in [1.165, 1.54) is 19.1 Å². The first-order valence-electron chi connectivity index (χ1n) is 21.4. The zero-order valence-electron chi connectivity index (χ0n) is 37.8. The third-order valence-corrected chi connectivity index (χ3v) is 12.1. The minimum absolute atomic E-state index is 0.0459. The number of likely N-dealkylation sites (tertiary alicyclic amines) is 2. The average Bonchev–Trinajstić information content (AvgIpc) is 3.65. The van der Waals surface area contributed by atoms with Gasteiger partial charge in [-0.25, -0.2) is 4.79 Å². The van der Waals surface area contributed by atoms with E-state index in [0.29, 0.717) is 11.1 Å². The maximum Gasteiger partial charge on any atom is 0.335 e. The van der Waals surface area contributed by atoms with Crippen LogP contribution in [0.2, 0.25) is 0 Å². The number of hydrogen-bond acceptors (Lipinski definition) is 16. The number of nitrogens with one attached hydrogen (secondary N) is 3. The van der Waals surface area contributed by atoms with Crippen LogP contribution in [0.3, 0.4) is 0 Å². The lowest BCUT2D eigenvalue weighted by Gasteiger charge is -2.39. The average molecular weight is 956 g/mol. The highest BCUT2D eigenvalue weighted by Gasteiger charge is 2.51. The number of rotatable bonds is 20. The summed E-state index contributed by atoms with van der Waals surface area (Å²) >= 11 is 0. The predicted molar refractivity (Wildman–Crippen MR) is 228 cm³/mol. The van der Waals surface area contributed by atoms with Gasteiger partial charge in [-0.3, -0.25) is 43.0 Å². The lowest BCUT2D eigenvalue weighted by molar-refractivity contribution is -0.228. The number of aryl methyl sites for hydroxylation is 1. The molecular weight excluding hydrogens is 895 g/mol. The van der Waals surface area contributed by atoms with Gasteiger partial charge in [0.2, 0.25) is 35.4 Å². The van der Waals surface area contributed by atoms with Gasteiger partial charge in [0, 0.05) is 18.0 Å². The van der Waals surface area contributed by atoms with Crippen LogP contribution in [-0.2, 0) is 75.7 Å². The summed E-state index contributed by atoms with van der Waals surface area (Å²) in [6.07, 6.45) is -8.66. The second-order valence-electron chi connectivity index (χ2n) is 18.2. The van der Waals surface area contributed by atoms with Crippen molar-refractivity contribution in [3.05, 3.63) is 29.3 Å². The molecule has 0 radical (unpaired) electrons. The molecule has 66 heavy (non-hydrogen) atoms. The van der Waals surface area contributed by atoms with Crippen LogP contribution in [0.25, 0.3) is 0 Å². The Balaban J connectivity index is 1.44. The van der Waals surface area contributed by atoms with Crippen molar-refractivity contribution in [1.29, 1.82) is 0 Å². The molecule has 3 saturated heterocycles. The number of carboxylic acid groups (broad SMARTS) is 1. The number of nitrogens with zero attached hydrogens (tertiary/aromatic N) is 2. The van der Waals surface area contributed by atoms with Crippen LogP contribution in [0.5, 0.6) is 0 Å². The van der Waals surface area contributed by atoms with Gasteiger partial charge in [-0.1, -0.05) is 26.8 Å². The third-order valence-electron chi connectivity index (χ3n) is 11.5. The highest BCUT2D eigenvalue weighted by molar-refractivity contribution is 7.85. The molecule has 24 heteroatoms. The largest absolute Gasteiger partial charge is 0.479 e. The summed E-state index contributed by atoms with van der Waals surface area (Å²) in [5.41, 5.74) is 0.341. The number of hydrogen-bond donors (Lipinski definition) is 8. The lowest BCUT2D eigenvalue weighted by atomic mass is 9.91. The van der Waals surface area contributed by atoms with E-state index in [2.05, 4.69) is 16.0 Å². The molecule has 1 aromatic rings. The second kappa shape index (κ2) is 22.1. The van der Waals surface area contributed by atoms with E-state index in [9.17, 15) is 67.2 Å². The normalized spacial score (nSPS) is 25.7. The van der Waals surface area contributed by atoms with Crippen molar-refractivity contribution in [2.24, 2.45) is 17.3 Å². The van der Waals surface area contributed by atoms with E-state index in [1.807, 2.05) is 0 Å². The summed E-state index contributed by atoms with van der Waals surface area (Å²) in [6.45, 7) is 9.54. The van der Waals surface area contributed by atoms with E-state index in [4.69, 9.17) is 18.8 Å². The number of esters is 1. The Morgan fingerprint density at radius 1 is 0.939 bits per heavy atom. The maximum absolute atomic E-state index is 13.7. The number of carboxylic acids is 1. The van der Waals surface area contributed by atoms with Gasteiger partial charge in [0.1, 0.15) is 43.0 Å². The molecule has 0 bridgehead atoms. The second-order valence-corrected chi connectivity index (χ2v) is 19.8. The number of aliphatic hydroxyl groups excluding tert-OH is 3. The van der Waals surface area contributed by atoms with Gasteiger partial charge in [-0.05, 0) is 76.1 Å². The zero-order valence-corrected chi connectivity index (χ0v) is 38.6. The third kappa shape index (κ3) is 13.7. The number of ether oxygens (including phenoxy) is 3. The van der Waals surface area contributed by atoms with E-state index in [0.717, 1.165) is 9.80 Å². The minimum atomic E-state index is -4.37. The number of anilines is 1. The molecule has 23 nitrogen and oxygen atoms in total. The van der Waals surface area contributed by atoms with E-state index in [-0.39, 0.29) is 44.6 Å². The number of imide groups is 1. The highest BCUT2D eigenvalue weighted by Crippen LogP contribution is 2.31. The number of aliphatic carboxylic acids is 1. The first kappa shape index (κ1) is 53.5. The SMILES string of the molecule is CC1CC(=O)N([C@H]2C[C@@H](COCCS(=O)(=O)O)N(CC(=O)N[C@H](C(=O)N[C@@H](C)C(=O)Nc3ccc(COC(=O)C(C)(C)C)c(CC[C@@H]4O[C@H](C(=O)O)[C@@H](O)[C@H](O)[C@H]4O)c3)C(C)C)C2=O)C1=O. The van der Waals surface area contributed by atoms with E-state index >= 15 is 0 Å². The first-order chi connectivity index (χ1) is 30.6. The Labute approximate surface area is 381 Å². The summed E-state index contributed by atoms with van der Waals surface area (Å²) in [5.74, 6) is -8.19. The molecule has 0 aromatic heterocycles. The van der Waals surface area contributed by atoms with Crippen molar-refractivity contribution in [3.63, 3.8) is 0 Å². The fourth-order valence-electron chi connectivity index (χ4n) is 7.61. The molecule has 3 heterocycles. The molecule has 10 atom stereocenters. The zero-order chi connectivity index (χ0) is 49.6. The first-order valence-corrected chi connectivity index (χ1v) is 23.0. The number of carbonyl (C=O) groups excluding carboxylic acids is 7. The molecule has 4 rings (SSSR count). The Morgan fingerprint density at radius 3 is 2.18 bits per heavy atom. The van der Waals surface area contributed by atoms with E-state index < -0.39 is 148 Å². The van der Waals surface area contributed by atoms with Crippen LogP contribution in [0.15, 0.2) is 18.2 Å². The monoisotopic (exact) mass is 955 g/mol. The molecule has 3 aliphatic heterocycles. The van der Waals surface area contributed by atoms with Gasteiger partial charge in [-0.2, -0.15) is 8.42 Å². The van der Waals surface area contributed by atoms with Crippen LogP contribution in [0.4, 0.5) is 5.69 Å². The topological polar surface area (TPSA) is 342 Å². The highest BCUT2D eigenvalue weighted by atomic mass is 32.2. The Bertz CT molecular complexity index is 2130. The Kier molecular flexibility index (Phi) is 17.9. The minimum Gasteiger partial charge on any atom is -0.479 e. The number of amides is 6. The van der Waals surface area contributed by atoms with Crippen LogP contribution in [-0.4, -0.2) is 171 Å². The molecule has 6 amide bonds. The van der Waals surface area contributed by atoms with Crippen molar-refractivity contribution in [3.8, 4) is 0 Å². The molecule has 8 N–H and O–H groups in total. The van der Waals surface area contributed by atoms with Crippen molar-refractivity contribution in [2.75, 3.05) is 30.8 Å². The molecule has 0 saturated carbocycles. The molecule has 368 valence electrons. The van der Waals surface area contributed by atoms with E-state index in [1.54, 1.807) is 47.6 Å². The van der Waals surface area contributed by atoms with Crippen molar-refractivity contribution in [2.45, 2.75) is 135 Å². The van der Waals surface area contributed by atoms with Crippen molar-refractivity contribution >= 4 is 63.2 Å². The molecule has 1 unspecified atom stereocenters. The maximum atomic E-state index is 13.7. The molecule has 0 aliphatic carbocycles. The number of benzene rings is 1. The summed E-state index contributed by atoms with van der Waals surface area (Å²) in [5, 5.41) is 48.3. The van der Waals surface area contributed by atoms with Crippen LogP contribution < -0.4 is 16.0 Å². The fourth-order valence-corrected chi connectivity index (χ4v) is 7.94. The smallest absolute Gasteiger partial charge is 0.335 e. The number of aliphatic hydroxyl groups is 3. The molecular formula is C42H61N5O18S. The molecule has 0 spiro atoms. The van der Waals surface area contributed by atoms with Gasteiger partial charge >= 0.3 is 11.9 Å². The Morgan fingerprint density at radius 2 is 1.61 bits per heavy atom. The molecule has 3 fully saturated rings. The lowest BCUT2D eigenvalue weighted by Crippen LogP contribution is -2.59. The van der Waals surface area contributed by atoms with Crippen molar-refractivity contribution < 1.29 is 86.0 Å². The summed E-state index contributed by atoms with van der Waals surface area (Å²) in [7, 11) is -4.37. The van der Waals surface area contributed by atoms with Crippen LogP contribution in [0.1, 0.15) is 78.9 Å². The van der Waals surface area contributed by atoms with Gasteiger partial charge < -0.3 is 55.5 Å². The quantitative estimate of drug-likeness (QED) is 0.0319. The predicted octanol–water partition coefficient (Wildman–Crippen LogP) is -1.50. The van der Waals surface area contributed by atoms with Gasteiger partial charge in [0.25, 0.3) is 10.1 Å². The fraction of sp³-hybridized carbons (Fsp3) is 0.667. The van der Waals surface area contributed by atoms with Gasteiger partial charge in [0.15, 0.2) is 6.10 Å². The van der Waals surface area contributed by atoms with Gasteiger partial charge in [-0.15, -0.1) is 0 Å². The van der Waals surface area contributed by atoms with Crippen LogP contribution >= 0.6 is 0 Å². The number of carbonyl (C=O) groups is 8.